The van der Waals surface area contributed by atoms with Gasteiger partial charge in [0.25, 0.3) is 0 Å². The summed E-state index contributed by atoms with van der Waals surface area (Å²) >= 11 is 6.09. The van der Waals surface area contributed by atoms with Crippen LogP contribution in [0.25, 0.3) is 11.0 Å². The molecular formula is C30H44ClN3O. The molecule has 0 spiro atoms. The first-order valence-electron chi connectivity index (χ1n) is 13.9. The second-order valence-electron chi connectivity index (χ2n) is 9.84. The van der Waals surface area contributed by atoms with Gasteiger partial charge in [-0.3, -0.25) is 5.32 Å². The number of fused-ring (bicyclic) bond motifs is 1. The zero-order valence-electron chi connectivity index (χ0n) is 21.6. The van der Waals surface area contributed by atoms with Gasteiger partial charge in [-0.05, 0) is 36.2 Å². The minimum Gasteiger partial charge on any atom is -0.872 e. The summed E-state index contributed by atoms with van der Waals surface area (Å²) in [6, 6.07) is 13.3. The van der Waals surface area contributed by atoms with E-state index in [1.54, 1.807) is 12.1 Å². The number of hydrogen-bond donors (Lipinski definition) is 2. The number of aromatic nitrogens is 2. The predicted molar refractivity (Wildman–Crippen MR) is 147 cm³/mol. The number of para-hydroxylation sites is 2. The Morgan fingerprint density at radius 3 is 2.06 bits per heavy atom. The quantitative estimate of drug-likeness (QED) is 0.137. The van der Waals surface area contributed by atoms with E-state index in [2.05, 4.69) is 40.0 Å². The van der Waals surface area contributed by atoms with Gasteiger partial charge < -0.3 is 5.11 Å². The molecule has 0 unspecified atom stereocenters. The van der Waals surface area contributed by atoms with E-state index in [9.17, 15) is 5.11 Å². The Hall–Kier alpha value is -2.20. The molecule has 5 heteroatoms. The molecule has 0 aliphatic rings. The van der Waals surface area contributed by atoms with E-state index in [1.807, 2.05) is 6.07 Å². The van der Waals surface area contributed by atoms with Gasteiger partial charge in [0.05, 0.1) is 13.1 Å². The van der Waals surface area contributed by atoms with Crippen molar-refractivity contribution in [3.05, 3.63) is 53.1 Å². The lowest BCUT2D eigenvalue weighted by atomic mass is 10.0. The lowest BCUT2D eigenvalue weighted by Crippen LogP contribution is -2.36. The summed E-state index contributed by atoms with van der Waals surface area (Å²) in [5, 5.41) is 16.2. The molecule has 1 heterocycles. The molecular weight excluding hydrogens is 454 g/mol. The summed E-state index contributed by atoms with van der Waals surface area (Å²) in [5.41, 5.74) is 2.98. The third-order valence-corrected chi connectivity index (χ3v) is 7.16. The number of hydrogen-bond acceptors (Lipinski definition) is 2. The minimum atomic E-state index is 0.0107. The van der Waals surface area contributed by atoms with Crippen LogP contribution in [0.5, 0.6) is 5.75 Å². The van der Waals surface area contributed by atoms with Gasteiger partial charge in [-0.25, -0.2) is 9.55 Å². The van der Waals surface area contributed by atoms with Crippen LogP contribution in [-0.2, 0) is 13.1 Å². The number of aryl methyl sites for hydroxylation is 1. The highest BCUT2D eigenvalue weighted by Crippen LogP contribution is 2.21. The molecule has 0 saturated carbocycles. The van der Waals surface area contributed by atoms with Crippen molar-refractivity contribution < 1.29 is 9.67 Å². The van der Waals surface area contributed by atoms with E-state index in [0.717, 1.165) is 24.4 Å². The predicted octanol–water partition coefficient (Wildman–Crippen LogP) is 8.28. The minimum absolute atomic E-state index is 0.0107. The molecule has 192 valence electrons. The Balaban J connectivity index is 1.36. The maximum absolute atomic E-state index is 12.2. The number of H-pyrrole nitrogens is 1. The van der Waals surface area contributed by atoms with Crippen LogP contribution in [0.15, 0.2) is 42.5 Å². The molecule has 3 rings (SSSR count). The van der Waals surface area contributed by atoms with Gasteiger partial charge in [-0.2, -0.15) is 0 Å². The van der Waals surface area contributed by atoms with Crippen LogP contribution in [0.2, 0.25) is 5.02 Å². The number of rotatable bonds is 18. The number of imidazole rings is 1. The van der Waals surface area contributed by atoms with E-state index in [0.29, 0.717) is 17.1 Å². The van der Waals surface area contributed by atoms with Crippen molar-refractivity contribution in [3.63, 3.8) is 0 Å². The standard InChI is InChI=1S/C30H44ClN3O/c1-2-3-4-5-6-7-8-9-10-11-12-13-14-17-22-34-28-19-16-15-18-27(28)33-30(34)32-24-25-23-26(31)20-21-29(25)35/h15-16,18-21,23H,2-14,17,22,24H2,1H3,(H2,32,33,35). The number of unbranched alkanes of at least 4 members (excludes halogenated alkanes) is 13. The van der Waals surface area contributed by atoms with Gasteiger partial charge >= 0.3 is 5.95 Å². The van der Waals surface area contributed by atoms with Gasteiger partial charge in [0.2, 0.25) is 0 Å². The van der Waals surface area contributed by atoms with Gasteiger partial charge in [0, 0.05) is 5.02 Å². The van der Waals surface area contributed by atoms with E-state index in [1.165, 1.54) is 95.1 Å². The Labute approximate surface area is 217 Å². The lowest BCUT2D eigenvalue weighted by Gasteiger charge is -2.12. The van der Waals surface area contributed by atoms with Crippen molar-refractivity contribution in [2.24, 2.45) is 0 Å². The normalized spacial score (nSPS) is 11.4. The maximum Gasteiger partial charge on any atom is 0.356 e. The van der Waals surface area contributed by atoms with Crippen LogP contribution in [0.4, 0.5) is 5.95 Å². The molecule has 0 bridgehead atoms. The van der Waals surface area contributed by atoms with Crippen molar-refractivity contribution in [1.82, 2.24) is 4.98 Å². The summed E-state index contributed by atoms with van der Waals surface area (Å²) < 4.78 is 2.31. The van der Waals surface area contributed by atoms with Crippen LogP contribution in [0.1, 0.15) is 102 Å². The Morgan fingerprint density at radius 1 is 0.800 bits per heavy atom. The SMILES string of the molecule is CCCCCCCCCCCCCCCC[n+]1c(NCc2cc(Cl)ccc2[O-])[nH]c2ccccc21. The van der Waals surface area contributed by atoms with E-state index >= 15 is 0 Å². The molecule has 0 radical (unpaired) electrons. The molecule has 2 aromatic carbocycles. The molecule has 0 saturated heterocycles. The first-order valence-corrected chi connectivity index (χ1v) is 14.3. The highest BCUT2D eigenvalue weighted by molar-refractivity contribution is 6.30. The molecule has 0 aliphatic heterocycles. The number of aromatic amines is 1. The zero-order valence-corrected chi connectivity index (χ0v) is 22.3. The molecule has 0 amide bonds. The maximum atomic E-state index is 12.2. The Morgan fingerprint density at radius 2 is 1.40 bits per heavy atom. The fraction of sp³-hybridized carbons (Fsp3) is 0.567. The summed E-state index contributed by atoms with van der Waals surface area (Å²) in [7, 11) is 0. The largest absolute Gasteiger partial charge is 0.872 e. The number of nitrogens with one attached hydrogen (secondary N) is 2. The fourth-order valence-electron chi connectivity index (χ4n) is 4.83. The molecule has 3 aromatic rings. The smallest absolute Gasteiger partial charge is 0.356 e. The van der Waals surface area contributed by atoms with Crippen LogP contribution in [0.3, 0.4) is 0 Å². The van der Waals surface area contributed by atoms with Crippen LogP contribution < -0.4 is 15.0 Å². The Bertz CT molecular complexity index is 1000. The average molecular weight is 498 g/mol. The molecule has 0 aliphatic carbocycles. The monoisotopic (exact) mass is 497 g/mol. The first-order chi connectivity index (χ1) is 17.2. The number of halogens is 1. The van der Waals surface area contributed by atoms with Crippen molar-refractivity contribution in [3.8, 4) is 5.75 Å². The molecule has 35 heavy (non-hydrogen) atoms. The van der Waals surface area contributed by atoms with Gasteiger partial charge in [0.15, 0.2) is 0 Å². The highest BCUT2D eigenvalue weighted by atomic mass is 35.5. The van der Waals surface area contributed by atoms with E-state index in [-0.39, 0.29) is 5.75 Å². The molecule has 0 fully saturated rings. The second kappa shape index (κ2) is 15.7. The summed E-state index contributed by atoms with van der Waals surface area (Å²) in [6.45, 7) is 3.69. The van der Waals surface area contributed by atoms with Crippen molar-refractivity contribution in [2.45, 2.75) is 110 Å². The fourth-order valence-corrected chi connectivity index (χ4v) is 5.03. The second-order valence-corrected chi connectivity index (χ2v) is 10.3. The van der Waals surface area contributed by atoms with E-state index < -0.39 is 0 Å². The number of anilines is 1. The molecule has 0 atom stereocenters. The first kappa shape index (κ1) is 27.4. The van der Waals surface area contributed by atoms with Crippen LogP contribution >= 0.6 is 11.6 Å². The van der Waals surface area contributed by atoms with E-state index in [4.69, 9.17) is 11.6 Å². The highest BCUT2D eigenvalue weighted by Gasteiger charge is 2.16. The van der Waals surface area contributed by atoms with Crippen molar-refractivity contribution in [1.29, 1.82) is 0 Å². The molecule has 4 nitrogen and oxygen atoms in total. The van der Waals surface area contributed by atoms with Crippen LogP contribution in [-0.4, -0.2) is 4.98 Å². The molecule has 1 aromatic heterocycles. The topological polar surface area (TPSA) is 54.8 Å². The number of benzene rings is 2. The number of nitrogens with zero attached hydrogens (tertiary/aromatic N) is 1. The van der Waals surface area contributed by atoms with Gasteiger partial charge in [0.1, 0.15) is 11.0 Å². The molecule has 2 N–H and O–H groups in total. The van der Waals surface area contributed by atoms with Crippen LogP contribution in [0, 0.1) is 0 Å². The third kappa shape index (κ3) is 9.40. The zero-order chi connectivity index (χ0) is 24.7. The van der Waals surface area contributed by atoms with Crippen molar-refractivity contribution in [2.75, 3.05) is 5.32 Å². The lowest BCUT2D eigenvalue weighted by molar-refractivity contribution is -0.657. The van der Waals surface area contributed by atoms with Crippen molar-refractivity contribution >= 4 is 28.6 Å². The summed E-state index contributed by atoms with van der Waals surface area (Å²) in [5.74, 6) is 0.955. The average Bonchev–Trinajstić information content (AvgIpc) is 3.22. The summed E-state index contributed by atoms with van der Waals surface area (Å²) in [6.07, 6.45) is 19.1. The third-order valence-electron chi connectivity index (χ3n) is 6.92. The summed E-state index contributed by atoms with van der Waals surface area (Å²) in [4.78, 5) is 3.48. The van der Waals surface area contributed by atoms with Gasteiger partial charge in [-0.1, -0.05) is 120 Å². The van der Waals surface area contributed by atoms with Gasteiger partial charge in [-0.15, -0.1) is 5.75 Å². The Kier molecular flexibility index (Phi) is 12.3.